The molecular formula is C20H25N5O3S. The highest BCUT2D eigenvalue weighted by atomic mass is 32.2. The van der Waals surface area contributed by atoms with Gasteiger partial charge in [-0.1, -0.05) is 0 Å². The van der Waals surface area contributed by atoms with Crippen molar-refractivity contribution in [3.8, 4) is 11.5 Å². The normalized spacial score (nSPS) is 15.0. The summed E-state index contributed by atoms with van der Waals surface area (Å²) in [5.74, 6) is 2.16. The second-order valence-electron chi connectivity index (χ2n) is 6.99. The molecule has 2 aromatic heterocycles. The molecule has 0 radical (unpaired) electrons. The molecule has 0 unspecified atom stereocenters. The molecule has 3 aromatic rings. The number of H-pyrrole nitrogens is 1. The molecule has 0 spiro atoms. The number of methoxy groups -OCH3 is 2. The van der Waals surface area contributed by atoms with Gasteiger partial charge < -0.3 is 23.8 Å². The monoisotopic (exact) mass is 415 g/mol. The zero-order valence-corrected chi connectivity index (χ0v) is 17.4. The van der Waals surface area contributed by atoms with E-state index in [1.807, 2.05) is 22.8 Å². The summed E-state index contributed by atoms with van der Waals surface area (Å²) in [5, 5.41) is 8.85. The Balaban J connectivity index is 1.60. The predicted molar refractivity (Wildman–Crippen MR) is 110 cm³/mol. The van der Waals surface area contributed by atoms with Crippen molar-refractivity contribution in [2.75, 3.05) is 27.4 Å². The summed E-state index contributed by atoms with van der Waals surface area (Å²) >= 11 is 1.44. The number of fused-ring (bicyclic) bond motifs is 1. The fraction of sp³-hybridized carbons (Fsp3) is 0.450. The Kier molecular flexibility index (Phi) is 6.05. The van der Waals surface area contributed by atoms with Crippen LogP contribution in [0, 0.1) is 11.3 Å². The zero-order valence-electron chi connectivity index (χ0n) is 16.6. The molecule has 2 N–H and O–H groups in total. The van der Waals surface area contributed by atoms with Crippen molar-refractivity contribution in [3.05, 3.63) is 30.0 Å². The Bertz CT molecular complexity index is 1040. The third-order valence-electron chi connectivity index (χ3n) is 5.19. The summed E-state index contributed by atoms with van der Waals surface area (Å²) in [4.78, 5) is 13.1. The average Bonchev–Trinajstić information content (AvgIpc) is 3.18. The summed E-state index contributed by atoms with van der Waals surface area (Å²) in [6, 6.07) is 5.64. The number of hydrogen-bond donors (Lipinski definition) is 2. The standard InChI is InChI=1S/C20H25N5O3S/c1-26-14-3-4-15(27-2)16(11-14)29-20-23-17-18(21)22-12-25(19(17)24-20)8-5-13-6-9-28-10-7-13/h3-4,11-13,21H,5-10H2,1-2H3,(H,23,24). The van der Waals surface area contributed by atoms with Gasteiger partial charge in [0.1, 0.15) is 17.0 Å². The fourth-order valence-electron chi connectivity index (χ4n) is 3.50. The van der Waals surface area contributed by atoms with E-state index in [-0.39, 0.29) is 5.49 Å². The molecule has 3 heterocycles. The second kappa shape index (κ2) is 8.87. The first-order valence-corrected chi connectivity index (χ1v) is 10.5. The van der Waals surface area contributed by atoms with Crippen LogP contribution in [0.5, 0.6) is 11.5 Å². The molecule has 8 nitrogen and oxygen atoms in total. The molecule has 0 atom stereocenters. The van der Waals surface area contributed by atoms with Crippen LogP contribution in [0.4, 0.5) is 0 Å². The highest BCUT2D eigenvalue weighted by molar-refractivity contribution is 7.99. The zero-order chi connectivity index (χ0) is 20.2. The fourth-order valence-corrected chi connectivity index (χ4v) is 4.42. The molecule has 0 amide bonds. The maximum Gasteiger partial charge on any atom is 0.173 e. The number of rotatable bonds is 7. The van der Waals surface area contributed by atoms with E-state index in [0.717, 1.165) is 61.1 Å². The van der Waals surface area contributed by atoms with Gasteiger partial charge >= 0.3 is 0 Å². The molecule has 1 aliphatic rings. The van der Waals surface area contributed by atoms with Crippen molar-refractivity contribution in [1.29, 1.82) is 5.41 Å². The molecule has 1 fully saturated rings. The SMILES string of the molecule is COc1ccc(OC)c(Sc2nc3c([nH]2)c(=N)ncn3CCC2CCOCC2)c1. The molecule has 1 aliphatic heterocycles. The third kappa shape index (κ3) is 4.40. The quantitative estimate of drug-likeness (QED) is 0.615. The Morgan fingerprint density at radius 2 is 2.10 bits per heavy atom. The van der Waals surface area contributed by atoms with E-state index in [1.54, 1.807) is 20.5 Å². The molecule has 0 aliphatic carbocycles. The van der Waals surface area contributed by atoms with Gasteiger partial charge in [-0.3, -0.25) is 5.41 Å². The summed E-state index contributed by atoms with van der Waals surface area (Å²) in [6.07, 6.45) is 4.97. The van der Waals surface area contributed by atoms with E-state index < -0.39 is 0 Å². The molecular weight excluding hydrogens is 390 g/mol. The number of aromatic amines is 1. The van der Waals surface area contributed by atoms with Gasteiger partial charge in [-0.2, -0.15) is 0 Å². The summed E-state index contributed by atoms with van der Waals surface area (Å²) in [7, 11) is 3.28. The molecule has 29 heavy (non-hydrogen) atoms. The van der Waals surface area contributed by atoms with Crippen molar-refractivity contribution in [2.45, 2.75) is 35.9 Å². The summed E-state index contributed by atoms with van der Waals surface area (Å²) in [6.45, 7) is 2.52. The number of ether oxygens (including phenoxy) is 3. The highest BCUT2D eigenvalue weighted by Gasteiger charge is 2.16. The Labute approximate surface area is 173 Å². The number of aromatic nitrogens is 4. The highest BCUT2D eigenvalue weighted by Crippen LogP contribution is 2.36. The van der Waals surface area contributed by atoms with Gasteiger partial charge in [-0.25, -0.2) is 9.97 Å². The topological polar surface area (TPSA) is 98.0 Å². The summed E-state index contributed by atoms with van der Waals surface area (Å²) in [5.41, 5.74) is 1.59. The van der Waals surface area contributed by atoms with Crippen LogP contribution >= 0.6 is 11.8 Å². The molecule has 154 valence electrons. The Hall–Kier alpha value is -2.52. The van der Waals surface area contributed by atoms with Crippen molar-refractivity contribution >= 4 is 22.9 Å². The number of hydrogen-bond acceptors (Lipinski definition) is 7. The van der Waals surface area contributed by atoms with Crippen LogP contribution in [0.15, 0.2) is 34.6 Å². The van der Waals surface area contributed by atoms with E-state index in [1.165, 1.54) is 11.8 Å². The van der Waals surface area contributed by atoms with E-state index in [2.05, 4.69) is 9.97 Å². The first-order valence-electron chi connectivity index (χ1n) is 9.65. The minimum Gasteiger partial charge on any atom is -0.497 e. The molecule has 0 saturated carbocycles. The average molecular weight is 416 g/mol. The van der Waals surface area contributed by atoms with Crippen molar-refractivity contribution in [2.24, 2.45) is 5.92 Å². The molecule has 1 saturated heterocycles. The van der Waals surface area contributed by atoms with Crippen molar-refractivity contribution in [3.63, 3.8) is 0 Å². The van der Waals surface area contributed by atoms with Crippen LogP contribution in [0.25, 0.3) is 11.2 Å². The van der Waals surface area contributed by atoms with E-state index in [0.29, 0.717) is 16.6 Å². The Morgan fingerprint density at radius 1 is 1.28 bits per heavy atom. The number of aryl methyl sites for hydroxylation is 1. The first kappa shape index (κ1) is 19.8. The number of nitrogens with one attached hydrogen (secondary N) is 2. The minimum absolute atomic E-state index is 0.194. The lowest BCUT2D eigenvalue weighted by Gasteiger charge is -2.22. The van der Waals surface area contributed by atoms with Gasteiger partial charge in [0, 0.05) is 19.8 Å². The maximum atomic E-state index is 8.16. The van der Waals surface area contributed by atoms with E-state index in [9.17, 15) is 0 Å². The van der Waals surface area contributed by atoms with Crippen LogP contribution in [0.3, 0.4) is 0 Å². The largest absolute Gasteiger partial charge is 0.497 e. The van der Waals surface area contributed by atoms with Crippen molar-refractivity contribution in [1.82, 2.24) is 19.5 Å². The smallest absolute Gasteiger partial charge is 0.173 e. The molecule has 4 rings (SSSR count). The number of imidazole rings is 1. The Morgan fingerprint density at radius 3 is 2.86 bits per heavy atom. The molecule has 0 bridgehead atoms. The molecule has 9 heteroatoms. The van der Waals surface area contributed by atoms with E-state index >= 15 is 0 Å². The van der Waals surface area contributed by atoms with Crippen LogP contribution in [-0.2, 0) is 11.3 Å². The van der Waals surface area contributed by atoms with Gasteiger partial charge in [0.05, 0.1) is 25.4 Å². The number of nitrogens with zero attached hydrogens (tertiary/aromatic N) is 3. The van der Waals surface area contributed by atoms with Gasteiger partial charge in [-0.15, -0.1) is 0 Å². The lowest BCUT2D eigenvalue weighted by molar-refractivity contribution is 0.0626. The summed E-state index contributed by atoms with van der Waals surface area (Å²) < 4.78 is 18.3. The van der Waals surface area contributed by atoms with Crippen LogP contribution < -0.4 is 15.0 Å². The van der Waals surface area contributed by atoms with Crippen molar-refractivity contribution < 1.29 is 14.2 Å². The number of benzene rings is 1. The van der Waals surface area contributed by atoms with Gasteiger partial charge in [-0.05, 0) is 55.1 Å². The lowest BCUT2D eigenvalue weighted by Crippen LogP contribution is -2.19. The minimum atomic E-state index is 0.194. The van der Waals surface area contributed by atoms with E-state index in [4.69, 9.17) is 24.6 Å². The second-order valence-corrected chi connectivity index (χ2v) is 8.02. The van der Waals surface area contributed by atoms with Crippen LogP contribution in [-0.4, -0.2) is 47.0 Å². The molecule has 1 aromatic carbocycles. The van der Waals surface area contributed by atoms with Gasteiger partial charge in [0.15, 0.2) is 16.3 Å². The lowest BCUT2D eigenvalue weighted by atomic mass is 9.97. The third-order valence-corrected chi connectivity index (χ3v) is 6.12. The predicted octanol–water partition coefficient (Wildman–Crippen LogP) is 3.22. The van der Waals surface area contributed by atoms with Crippen LogP contribution in [0.1, 0.15) is 19.3 Å². The van der Waals surface area contributed by atoms with Gasteiger partial charge in [0.2, 0.25) is 0 Å². The van der Waals surface area contributed by atoms with Gasteiger partial charge in [0.25, 0.3) is 0 Å². The first-order chi connectivity index (χ1) is 14.2. The maximum absolute atomic E-state index is 8.16. The van der Waals surface area contributed by atoms with Crippen LogP contribution in [0.2, 0.25) is 0 Å².